The van der Waals surface area contributed by atoms with E-state index in [1.807, 2.05) is 11.3 Å². The van der Waals surface area contributed by atoms with Crippen molar-refractivity contribution in [2.24, 2.45) is 0 Å². The Morgan fingerprint density at radius 2 is 1.75 bits per heavy atom. The monoisotopic (exact) mass is 351 g/mol. The molecule has 0 amide bonds. The largest absolute Gasteiger partial charge is 0.312 e. The molecule has 2 rings (SSSR count). The fraction of sp³-hybridized carbons (Fsp3) is 0.412. The molecule has 2 aromatic rings. The minimum absolute atomic E-state index is 0.235. The van der Waals surface area contributed by atoms with Crippen LogP contribution in [0, 0.1) is 0 Å². The molecular weight excluding hydrogens is 330 g/mol. The maximum atomic E-state index is 3.51. The van der Waals surface area contributed by atoms with Crippen LogP contribution in [-0.4, -0.2) is 6.54 Å². The van der Waals surface area contributed by atoms with Crippen LogP contribution in [0.25, 0.3) is 0 Å². The van der Waals surface area contributed by atoms with E-state index < -0.39 is 0 Å². The van der Waals surface area contributed by atoms with Gasteiger partial charge in [-0.15, -0.1) is 11.3 Å². The molecular formula is C17H22BrNS. The third-order valence-corrected chi connectivity index (χ3v) is 5.01. The number of thiophene rings is 1. The Kier molecular flexibility index (Phi) is 5.42. The van der Waals surface area contributed by atoms with Gasteiger partial charge in [-0.2, -0.15) is 0 Å². The first-order valence-electron chi connectivity index (χ1n) is 6.99. The van der Waals surface area contributed by atoms with Crippen LogP contribution in [0.2, 0.25) is 0 Å². The lowest BCUT2D eigenvalue weighted by Gasteiger charge is -2.19. The van der Waals surface area contributed by atoms with E-state index in [1.165, 1.54) is 19.8 Å². The third kappa shape index (κ3) is 4.72. The fourth-order valence-corrected chi connectivity index (χ4v) is 3.54. The first kappa shape index (κ1) is 15.7. The average molecular weight is 352 g/mol. The second kappa shape index (κ2) is 6.88. The van der Waals surface area contributed by atoms with Crippen LogP contribution >= 0.6 is 27.3 Å². The second-order valence-corrected chi connectivity index (χ2v) is 8.63. The second-order valence-electron chi connectivity index (χ2n) is 6.08. The molecule has 0 spiro atoms. The van der Waals surface area contributed by atoms with Crippen molar-refractivity contribution < 1.29 is 0 Å². The van der Waals surface area contributed by atoms with Gasteiger partial charge in [0.1, 0.15) is 0 Å². The summed E-state index contributed by atoms with van der Waals surface area (Å²) in [4.78, 5) is 1.42. The van der Waals surface area contributed by atoms with Crippen LogP contribution in [0.3, 0.4) is 0 Å². The van der Waals surface area contributed by atoms with Crippen LogP contribution in [-0.2, 0) is 18.4 Å². The molecule has 0 fully saturated rings. The summed E-state index contributed by atoms with van der Waals surface area (Å²) in [5.41, 5.74) is 2.98. The minimum atomic E-state index is 0.235. The summed E-state index contributed by atoms with van der Waals surface area (Å²) >= 11 is 5.31. The predicted molar refractivity (Wildman–Crippen MR) is 92.6 cm³/mol. The first-order valence-corrected chi connectivity index (χ1v) is 8.60. The van der Waals surface area contributed by atoms with Gasteiger partial charge >= 0.3 is 0 Å². The smallest absolute Gasteiger partial charge is 0.0701 e. The van der Waals surface area contributed by atoms with Gasteiger partial charge < -0.3 is 5.32 Å². The highest BCUT2D eigenvalue weighted by atomic mass is 79.9. The quantitative estimate of drug-likeness (QED) is 0.735. The Morgan fingerprint density at radius 3 is 2.30 bits per heavy atom. The summed E-state index contributed by atoms with van der Waals surface area (Å²) in [6, 6.07) is 13.3. The van der Waals surface area contributed by atoms with Gasteiger partial charge in [-0.3, -0.25) is 0 Å². The van der Waals surface area contributed by atoms with Crippen molar-refractivity contribution in [3.8, 4) is 0 Å². The van der Waals surface area contributed by atoms with Crippen molar-refractivity contribution in [2.75, 3.05) is 6.54 Å². The van der Waals surface area contributed by atoms with Gasteiger partial charge in [0.15, 0.2) is 0 Å². The Bertz CT molecular complexity index is 537. The van der Waals surface area contributed by atoms with Gasteiger partial charge in [-0.1, -0.05) is 45.0 Å². The molecule has 1 heterocycles. The van der Waals surface area contributed by atoms with Gasteiger partial charge in [-0.05, 0) is 51.0 Å². The lowest BCUT2D eigenvalue weighted by Crippen LogP contribution is -2.16. The minimum Gasteiger partial charge on any atom is -0.312 e. The fourth-order valence-electron chi connectivity index (χ4n) is 2.05. The van der Waals surface area contributed by atoms with Crippen molar-refractivity contribution in [3.63, 3.8) is 0 Å². The van der Waals surface area contributed by atoms with E-state index in [4.69, 9.17) is 0 Å². The molecule has 1 nitrogen and oxygen atoms in total. The zero-order valence-corrected chi connectivity index (χ0v) is 14.8. The molecule has 0 aliphatic carbocycles. The molecule has 108 valence electrons. The van der Waals surface area contributed by atoms with Crippen molar-refractivity contribution in [2.45, 2.75) is 39.2 Å². The normalized spacial score (nSPS) is 11.8. The molecule has 0 atom stereocenters. The lowest BCUT2D eigenvalue weighted by atomic mass is 9.87. The van der Waals surface area contributed by atoms with Crippen molar-refractivity contribution in [1.29, 1.82) is 0 Å². The Morgan fingerprint density at radius 1 is 1.05 bits per heavy atom. The molecule has 3 heteroatoms. The number of hydrogen-bond acceptors (Lipinski definition) is 2. The standard InChI is InChI=1S/C17H22BrNS/c1-17(2,3)14-6-4-13(5-7-14)12-19-11-10-15-8-9-16(18)20-15/h4-9,19H,10-12H2,1-3H3. The lowest BCUT2D eigenvalue weighted by molar-refractivity contribution is 0.589. The number of halogens is 1. The maximum absolute atomic E-state index is 3.51. The molecule has 0 unspecified atom stereocenters. The van der Waals surface area contributed by atoms with Crippen molar-refractivity contribution >= 4 is 27.3 Å². The number of hydrogen-bond donors (Lipinski definition) is 1. The number of nitrogens with one attached hydrogen (secondary N) is 1. The summed E-state index contributed by atoms with van der Waals surface area (Å²) in [5, 5.41) is 3.51. The highest BCUT2D eigenvalue weighted by molar-refractivity contribution is 9.11. The van der Waals surface area contributed by atoms with Crippen LogP contribution in [0.4, 0.5) is 0 Å². The molecule has 0 aliphatic rings. The molecule has 1 aromatic heterocycles. The van der Waals surface area contributed by atoms with Gasteiger partial charge in [0.05, 0.1) is 3.79 Å². The molecule has 0 radical (unpaired) electrons. The summed E-state index contributed by atoms with van der Waals surface area (Å²) in [5.74, 6) is 0. The molecule has 1 N–H and O–H groups in total. The van der Waals surface area contributed by atoms with E-state index in [2.05, 4.69) is 78.4 Å². The SMILES string of the molecule is CC(C)(C)c1ccc(CNCCc2ccc(Br)s2)cc1. The van der Waals surface area contributed by atoms with Crippen molar-refractivity contribution in [3.05, 3.63) is 56.2 Å². The van der Waals surface area contributed by atoms with Gasteiger partial charge in [-0.25, -0.2) is 0 Å². The summed E-state index contributed by atoms with van der Waals surface area (Å²) in [6.07, 6.45) is 1.09. The van der Waals surface area contributed by atoms with Crippen molar-refractivity contribution in [1.82, 2.24) is 5.32 Å². The third-order valence-electron chi connectivity index (χ3n) is 3.33. The van der Waals surface area contributed by atoms with E-state index in [-0.39, 0.29) is 5.41 Å². The zero-order chi connectivity index (χ0) is 14.6. The van der Waals surface area contributed by atoms with E-state index in [0.717, 1.165) is 19.5 Å². The van der Waals surface area contributed by atoms with Crippen LogP contribution in [0.5, 0.6) is 0 Å². The molecule has 0 saturated carbocycles. The van der Waals surface area contributed by atoms with Gasteiger partial charge in [0, 0.05) is 18.0 Å². The molecule has 0 saturated heterocycles. The molecule has 1 aromatic carbocycles. The number of rotatable bonds is 5. The molecule has 0 bridgehead atoms. The Hall–Kier alpha value is -0.640. The van der Waals surface area contributed by atoms with Crippen LogP contribution in [0.15, 0.2) is 40.2 Å². The predicted octanol–water partition coefficient (Wildman–Crippen LogP) is 5.14. The van der Waals surface area contributed by atoms with E-state index in [9.17, 15) is 0 Å². The van der Waals surface area contributed by atoms with Crippen LogP contribution < -0.4 is 5.32 Å². The summed E-state index contributed by atoms with van der Waals surface area (Å²) in [6.45, 7) is 8.71. The summed E-state index contributed by atoms with van der Waals surface area (Å²) in [7, 11) is 0. The summed E-state index contributed by atoms with van der Waals surface area (Å²) < 4.78 is 1.21. The topological polar surface area (TPSA) is 12.0 Å². The Balaban J connectivity index is 1.77. The highest BCUT2D eigenvalue weighted by Gasteiger charge is 2.12. The van der Waals surface area contributed by atoms with E-state index >= 15 is 0 Å². The first-order chi connectivity index (χ1) is 9.45. The molecule has 0 aliphatic heterocycles. The highest BCUT2D eigenvalue weighted by Crippen LogP contribution is 2.23. The van der Waals surface area contributed by atoms with E-state index in [0.29, 0.717) is 0 Å². The van der Waals surface area contributed by atoms with Crippen LogP contribution in [0.1, 0.15) is 36.8 Å². The van der Waals surface area contributed by atoms with E-state index in [1.54, 1.807) is 0 Å². The van der Waals surface area contributed by atoms with Gasteiger partial charge in [0.2, 0.25) is 0 Å². The zero-order valence-electron chi connectivity index (χ0n) is 12.4. The number of benzene rings is 1. The van der Waals surface area contributed by atoms with Gasteiger partial charge in [0.25, 0.3) is 0 Å². The average Bonchev–Trinajstić information content (AvgIpc) is 2.80. The maximum Gasteiger partial charge on any atom is 0.0701 e. The Labute approximate surface area is 134 Å². The molecule has 20 heavy (non-hydrogen) atoms.